The number of hydrogen-bond acceptors (Lipinski definition) is 2. The van der Waals surface area contributed by atoms with Gasteiger partial charge in [0, 0.05) is 11.3 Å². The van der Waals surface area contributed by atoms with Gasteiger partial charge in [0.2, 0.25) is 0 Å². The van der Waals surface area contributed by atoms with E-state index in [4.69, 9.17) is 5.73 Å². The van der Waals surface area contributed by atoms with Crippen molar-refractivity contribution in [2.75, 3.05) is 5.73 Å². The highest BCUT2D eigenvalue weighted by Crippen LogP contribution is 2.08. The summed E-state index contributed by atoms with van der Waals surface area (Å²) in [7, 11) is 0. The zero-order valence-electron chi connectivity index (χ0n) is 14.9. The van der Waals surface area contributed by atoms with Crippen molar-refractivity contribution < 1.29 is 4.79 Å². The fourth-order valence-corrected chi connectivity index (χ4v) is 2.16. The molecule has 0 aliphatic rings. The van der Waals surface area contributed by atoms with Crippen molar-refractivity contribution in [2.45, 2.75) is 46.0 Å². The second-order valence-electron chi connectivity index (χ2n) is 5.79. The van der Waals surface area contributed by atoms with Crippen LogP contribution >= 0.6 is 0 Å². The van der Waals surface area contributed by atoms with Crippen molar-refractivity contribution in [3.8, 4) is 0 Å². The van der Waals surface area contributed by atoms with Crippen molar-refractivity contribution in [3.05, 3.63) is 71.8 Å². The maximum Gasteiger partial charge on any atom is 0.185 e. The van der Waals surface area contributed by atoms with Gasteiger partial charge >= 0.3 is 0 Å². The number of anilines is 1. The highest BCUT2D eigenvalue weighted by Gasteiger charge is 2.00. The molecule has 2 nitrogen and oxygen atoms in total. The topological polar surface area (TPSA) is 43.1 Å². The first-order chi connectivity index (χ1) is 11.7. The average Bonchev–Trinajstić information content (AvgIpc) is 2.62. The number of hydrogen-bond donors (Lipinski definition) is 1. The summed E-state index contributed by atoms with van der Waals surface area (Å²) >= 11 is 0. The second kappa shape index (κ2) is 12.1. The molecule has 0 spiro atoms. The minimum Gasteiger partial charge on any atom is -0.399 e. The lowest BCUT2D eigenvalue weighted by molar-refractivity contribution is 0.104. The van der Waals surface area contributed by atoms with E-state index in [0.29, 0.717) is 11.3 Å². The number of carbonyl (C=O) groups excluding carboxylic acids is 1. The fourth-order valence-electron chi connectivity index (χ4n) is 2.16. The summed E-state index contributed by atoms with van der Waals surface area (Å²) in [6.07, 6.45) is 10.4. The van der Waals surface area contributed by atoms with Crippen LogP contribution < -0.4 is 5.73 Å². The molecule has 0 saturated carbocycles. The van der Waals surface area contributed by atoms with Gasteiger partial charge in [-0.1, -0.05) is 82.4 Å². The van der Waals surface area contributed by atoms with Crippen LogP contribution in [0.4, 0.5) is 5.69 Å². The summed E-state index contributed by atoms with van der Waals surface area (Å²) in [5.41, 5.74) is 7.88. The molecule has 0 aliphatic carbocycles. The van der Waals surface area contributed by atoms with E-state index in [1.54, 1.807) is 36.4 Å². The van der Waals surface area contributed by atoms with Crippen LogP contribution in [-0.2, 0) is 0 Å². The van der Waals surface area contributed by atoms with E-state index in [0.717, 1.165) is 5.56 Å². The van der Waals surface area contributed by atoms with Gasteiger partial charge in [0.15, 0.2) is 5.78 Å². The fraction of sp³-hybridized carbons (Fsp3) is 0.318. The number of allylic oxidation sites excluding steroid dienone is 1. The smallest absolute Gasteiger partial charge is 0.185 e. The lowest BCUT2D eigenvalue weighted by Crippen LogP contribution is -1.94. The minimum absolute atomic E-state index is 0.0196. The molecule has 0 radical (unpaired) electrons. The zero-order valence-corrected chi connectivity index (χ0v) is 14.9. The Balaban J connectivity index is 0.000000351. The molecule has 128 valence electrons. The maximum atomic E-state index is 11.8. The Morgan fingerprint density at radius 3 is 2.00 bits per heavy atom. The second-order valence-corrected chi connectivity index (χ2v) is 5.79. The standard InChI is InChI=1S/C15H13NO.C7H16/c16-14-9-7-13(8-10-14)15(17)11-6-12-4-2-1-3-5-12;1-3-5-7-6-4-2/h1-11H,16H2;3-7H2,1-2H3. The molecular formula is C22H29NO. The predicted molar refractivity (Wildman–Crippen MR) is 105 cm³/mol. The Bertz CT molecular complexity index is 596. The molecule has 0 bridgehead atoms. The number of carbonyl (C=O) groups is 1. The summed E-state index contributed by atoms with van der Waals surface area (Å²) < 4.78 is 0. The Hall–Kier alpha value is -2.35. The van der Waals surface area contributed by atoms with Crippen molar-refractivity contribution >= 4 is 17.5 Å². The van der Waals surface area contributed by atoms with E-state index in [1.165, 1.54) is 32.1 Å². The molecule has 2 rings (SSSR count). The normalized spacial score (nSPS) is 10.2. The lowest BCUT2D eigenvalue weighted by Gasteiger charge is -1.96. The summed E-state index contributed by atoms with van der Waals surface area (Å²) in [6, 6.07) is 16.6. The van der Waals surface area contributed by atoms with E-state index in [-0.39, 0.29) is 5.78 Å². The highest BCUT2D eigenvalue weighted by atomic mass is 16.1. The first-order valence-corrected chi connectivity index (χ1v) is 8.80. The number of nitrogens with two attached hydrogens (primary N) is 1. The van der Waals surface area contributed by atoms with E-state index in [1.807, 2.05) is 30.3 Å². The molecule has 2 heteroatoms. The van der Waals surface area contributed by atoms with Crippen molar-refractivity contribution in [1.82, 2.24) is 0 Å². The Morgan fingerprint density at radius 2 is 1.46 bits per heavy atom. The molecule has 0 fully saturated rings. The number of rotatable bonds is 7. The Kier molecular flexibility index (Phi) is 9.95. The number of unbranched alkanes of at least 4 members (excludes halogenated alkanes) is 4. The molecule has 0 aromatic heterocycles. The van der Waals surface area contributed by atoms with Gasteiger partial charge in [-0.2, -0.15) is 0 Å². The maximum absolute atomic E-state index is 11.8. The average molecular weight is 323 g/mol. The monoisotopic (exact) mass is 323 g/mol. The number of nitrogen functional groups attached to an aromatic ring is 1. The third-order valence-corrected chi connectivity index (χ3v) is 3.63. The molecule has 0 aliphatic heterocycles. The molecule has 2 N–H and O–H groups in total. The number of benzene rings is 2. The molecule has 0 unspecified atom stereocenters. The van der Waals surface area contributed by atoms with E-state index in [9.17, 15) is 4.79 Å². The van der Waals surface area contributed by atoms with Gasteiger partial charge in [-0.3, -0.25) is 4.79 Å². The summed E-state index contributed by atoms with van der Waals surface area (Å²) in [5.74, 6) is -0.0196. The van der Waals surface area contributed by atoms with Crippen LogP contribution in [0.15, 0.2) is 60.7 Å². The lowest BCUT2D eigenvalue weighted by atomic mass is 10.1. The van der Waals surface area contributed by atoms with Crippen molar-refractivity contribution in [3.63, 3.8) is 0 Å². The van der Waals surface area contributed by atoms with E-state index in [2.05, 4.69) is 13.8 Å². The quantitative estimate of drug-likeness (QED) is 0.288. The Morgan fingerprint density at radius 1 is 0.875 bits per heavy atom. The van der Waals surface area contributed by atoms with Crippen molar-refractivity contribution in [2.24, 2.45) is 0 Å². The number of ketones is 1. The minimum atomic E-state index is -0.0196. The molecule has 2 aromatic rings. The van der Waals surface area contributed by atoms with Gasteiger partial charge in [-0.15, -0.1) is 0 Å². The molecule has 0 amide bonds. The summed E-state index contributed by atoms with van der Waals surface area (Å²) in [4.78, 5) is 11.8. The van der Waals surface area contributed by atoms with Gasteiger partial charge in [-0.05, 0) is 35.9 Å². The van der Waals surface area contributed by atoms with Crippen LogP contribution in [0.3, 0.4) is 0 Å². The van der Waals surface area contributed by atoms with Gasteiger partial charge in [0.05, 0.1) is 0 Å². The third-order valence-electron chi connectivity index (χ3n) is 3.63. The van der Waals surface area contributed by atoms with Crippen LogP contribution in [0.25, 0.3) is 6.08 Å². The predicted octanol–water partition coefficient (Wildman–Crippen LogP) is 6.14. The van der Waals surface area contributed by atoms with Crippen LogP contribution in [0, 0.1) is 0 Å². The molecule has 0 heterocycles. The van der Waals surface area contributed by atoms with Crippen LogP contribution in [0.2, 0.25) is 0 Å². The van der Waals surface area contributed by atoms with Crippen molar-refractivity contribution in [1.29, 1.82) is 0 Å². The highest BCUT2D eigenvalue weighted by molar-refractivity contribution is 6.06. The first kappa shape index (κ1) is 19.7. The SMILES string of the molecule is CCCCCCC.Nc1ccc(C(=O)C=Cc2ccccc2)cc1. The summed E-state index contributed by atoms with van der Waals surface area (Å²) in [6.45, 7) is 4.49. The van der Waals surface area contributed by atoms with E-state index >= 15 is 0 Å². The zero-order chi connectivity index (χ0) is 17.6. The molecular weight excluding hydrogens is 294 g/mol. The van der Waals surface area contributed by atoms with Gasteiger partial charge < -0.3 is 5.73 Å². The van der Waals surface area contributed by atoms with E-state index < -0.39 is 0 Å². The van der Waals surface area contributed by atoms with Gasteiger partial charge in [0.25, 0.3) is 0 Å². The molecule has 2 aromatic carbocycles. The largest absolute Gasteiger partial charge is 0.399 e. The third kappa shape index (κ3) is 8.33. The summed E-state index contributed by atoms with van der Waals surface area (Å²) in [5, 5.41) is 0. The van der Waals surface area contributed by atoms with Crippen LogP contribution in [0.1, 0.15) is 61.9 Å². The molecule has 24 heavy (non-hydrogen) atoms. The first-order valence-electron chi connectivity index (χ1n) is 8.80. The molecule has 0 atom stereocenters. The van der Waals surface area contributed by atoms with Crippen LogP contribution in [-0.4, -0.2) is 5.78 Å². The van der Waals surface area contributed by atoms with Gasteiger partial charge in [0.1, 0.15) is 0 Å². The van der Waals surface area contributed by atoms with Crippen LogP contribution in [0.5, 0.6) is 0 Å². The van der Waals surface area contributed by atoms with Gasteiger partial charge in [-0.25, -0.2) is 0 Å². The molecule has 0 saturated heterocycles. The Labute approximate surface area is 146 Å².